The molecule has 36 heavy (non-hydrogen) atoms. The minimum Gasteiger partial charge on any atom is -0.493 e. The number of methoxy groups -OCH3 is 1. The van der Waals surface area contributed by atoms with Gasteiger partial charge in [0, 0.05) is 10.6 Å². The Morgan fingerprint density at radius 1 is 1.00 bits per heavy atom. The number of aromatic nitrogens is 2. The van der Waals surface area contributed by atoms with Gasteiger partial charge >= 0.3 is 5.97 Å². The van der Waals surface area contributed by atoms with E-state index < -0.39 is 5.97 Å². The van der Waals surface area contributed by atoms with Crippen molar-refractivity contribution in [2.45, 2.75) is 11.8 Å². The minimum absolute atomic E-state index is 0.0205. The highest BCUT2D eigenvalue weighted by Gasteiger charge is 2.17. The second kappa shape index (κ2) is 11.7. The van der Waals surface area contributed by atoms with Crippen molar-refractivity contribution >= 4 is 58.6 Å². The summed E-state index contributed by atoms with van der Waals surface area (Å²) < 4.78 is 16.9. The Morgan fingerprint density at radius 3 is 2.47 bits per heavy atom. The molecule has 0 saturated heterocycles. The Balaban J connectivity index is 1.50. The second-order valence-electron chi connectivity index (χ2n) is 7.24. The summed E-state index contributed by atoms with van der Waals surface area (Å²) in [4.78, 5) is 11.9. The van der Waals surface area contributed by atoms with E-state index in [0.717, 1.165) is 17.3 Å². The Labute approximate surface area is 225 Å². The van der Waals surface area contributed by atoms with Gasteiger partial charge in [-0.2, -0.15) is 0 Å². The highest BCUT2D eigenvalue weighted by atomic mass is 35.5. The molecule has 0 fully saturated rings. The number of ether oxygens (including phenoxy) is 2. The fourth-order valence-corrected chi connectivity index (χ4v) is 4.14. The second-order valence-corrected chi connectivity index (χ2v) is 9.49. The molecule has 0 aliphatic heterocycles. The summed E-state index contributed by atoms with van der Waals surface area (Å²) in [6.07, 6.45) is 1.48. The van der Waals surface area contributed by atoms with Crippen molar-refractivity contribution in [3.05, 3.63) is 91.8 Å². The van der Waals surface area contributed by atoms with Crippen LogP contribution in [0.5, 0.6) is 11.5 Å². The lowest BCUT2D eigenvalue weighted by Gasteiger charge is -2.12. The molecule has 1 N–H and O–H groups in total. The number of benzene rings is 3. The molecule has 3 aromatic carbocycles. The molecule has 1 heterocycles. The van der Waals surface area contributed by atoms with E-state index in [-0.39, 0.29) is 22.6 Å². The number of nitrogens with zero attached hydrogens (tertiary/aromatic N) is 2. The van der Waals surface area contributed by atoms with Gasteiger partial charge in [-0.15, -0.1) is 10.2 Å². The van der Waals surface area contributed by atoms with Crippen molar-refractivity contribution in [1.29, 1.82) is 0 Å². The van der Waals surface area contributed by atoms with Gasteiger partial charge in [-0.05, 0) is 77.5 Å². The molecule has 0 aliphatic rings. The van der Waals surface area contributed by atoms with Crippen LogP contribution in [0.4, 0.5) is 0 Å². The predicted molar refractivity (Wildman–Crippen MR) is 140 cm³/mol. The molecule has 1 aromatic heterocycles. The number of thioether (sulfide) groups is 1. The third kappa shape index (κ3) is 6.53. The normalized spacial score (nSPS) is 11.4. The van der Waals surface area contributed by atoms with Crippen LogP contribution >= 0.6 is 46.6 Å². The largest absolute Gasteiger partial charge is 0.493 e. The van der Waals surface area contributed by atoms with E-state index >= 15 is 0 Å². The quantitative estimate of drug-likeness (QED) is 0.165. The van der Waals surface area contributed by atoms with E-state index in [1.807, 2.05) is 6.07 Å². The predicted octanol–water partition coefficient (Wildman–Crippen LogP) is 7.50. The zero-order valence-corrected chi connectivity index (χ0v) is 21.7. The van der Waals surface area contributed by atoms with Crippen molar-refractivity contribution < 1.29 is 23.8 Å². The Hall–Kier alpha value is -3.17. The maximum absolute atomic E-state index is 11.9. The summed E-state index contributed by atoms with van der Waals surface area (Å²) in [5.41, 5.74) is 2.08. The lowest BCUT2D eigenvalue weighted by atomic mass is 10.2. The van der Waals surface area contributed by atoms with Gasteiger partial charge in [0.25, 0.3) is 5.22 Å². The van der Waals surface area contributed by atoms with E-state index in [1.54, 1.807) is 54.6 Å². The number of carboxylic acids is 1. The van der Waals surface area contributed by atoms with Crippen molar-refractivity contribution in [1.82, 2.24) is 10.2 Å². The van der Waals surface area contributed by atoms with Crippen molar-refractivity contribution in [3.63, 3.8) is 0 Å². The molecule has 0 saturated carbocycles. The molecule has 0 unspecified atom stereocenters. The summed E-state index contributed by atoms with van der Waals surface area (Å²) in [5.74, 6) is 0.0188. The molecule has 0 aliphatic carbocycles. The molecular formula is C25H17Cl3N2O5S. The first-order valence-electron chi connectivity index (χ1n) is 10.3. The van der Waals surface area contributed by atoms with Crippen LogP contribution in [0.1, 0.15) is 11.1 Å². The van der Waals surface area contributed by atoms with Crippen molar-refractivity contribution in [2.75, 3.05) is 7.11 Å². The van der Waals surface area contributed by atoms with Crippen LogP contribution in [0.2, 0.25) is 15.1 Å². The van der Waals surface area contributed by atoms with E-state index in [2.05, 4.69) is 10.2 Å². The van der Waals surface area contributed by atoms with Crippen LogP contribution in [-0.2, 0) is 11.4 Å². The molecule has 4 aromatic rings. The molecule has 0 bridgehead atoms. The number of hydrogen-bond acceptors (Lipinski definition) is 7. The van der Waals surface area contributed by atoms with Gasteiger partial charge in [0.05, 0.1) is 17.2 Å². The lowest BCUT2D eigenvalue weighted by Crippen LogP contribution is -1.99. The number of rotatable bonds is 9. The van der Waals surface area contributed by atoms with Gasteiger partial charge in [0.1, 0.15) is 11.5 Å². The zero-order chi connectivity index (χ0) is 25.7. The van der Waals surface area contributed by atoms with Crippen LogP contribution in [0.25, 0.3) is 17.5 Å². The number of aliphatic carboxylic acids is 1. The fraction of sp³-hybridized carbons (Fsp3) is 0.0800. The highest BCUT2D eigenvalue weighted by Crippen LogP contribution is 2.34. The SMILES string of the molecule is COc1cc(/C=C(\Sc2nnc(-c3ccc(Cl)cc3)o2)C(=O)O)ccc1OCc1ccc(Cl)c(Cl)c1. The number of halogens is 3. The molecule has 0 amide bonds. The molecule has 4 rings (SSSR count). The molecule has 7 nitrogen and oxygen atoms in total. The van der Waals surface area contributed by atoms with Crippen LogP contribution in [0, 0.1) is 0 Å². The lowest BCUT2D eigenvalue weighted by molar-refractivity contribution is -0.131. The smallest absolute Gasteiger partial charge is 0.342 e. The Bertz CT molecular complexity index is 1420. The molecule has 0 spiro atoms. The number of hydrogen-bond donors (Lipinski definition) is 1. The standard InChI is InChI=1S/C25H17Cl3N2O5S/c1-33-21-11-14(3-9-20(21)34-13-15-2-8-18(27)19(28)10-15)12-22(24(31)32)36-25-30-29-23(35-25)16-4-6-17(26)7-5-16/h2-12H,13H2,1H3,(H,31,32)/b22-12-. The van der Waals surface area contributed by atoms with Gasteiger partial charge in [-0.1, -0.05) is 46.9 Å². The summed E-state index contributed by atoms with van der Waals surface area (Å²) in [5, 5.41) is 19.2. The zero-order valence-electron chi connectivity index (χ0n) is 18.6. The van der Waals surface area contributed by atoms with E-state index in [1.165, 1.54) is 13.2 Å². The van der Waals surface area contributed by atoms with Crippen LogP contribution in [-0.4, -0.2) is 28.4 Å². The average Bonchev–Trinajstić information content (AvgIpc) is 3.33. The first-order valence-corrected chi connectivity index (χ1v) is 12.2. The highest BCUT2D eigenvalue weighted by molar-refractivity contribution is 8.03. The number of carboxylic acid groups (broad SMARTS) is 1. The summed E-state index contributed by atoms with van der Waals surface area (Å²) in [6.45, 7) is 0.242. The maximum Gasteiger partial charge on any atom is 0.342 e. The van der Waals surface area contributed by atoms with Crippen LogP contribution < -0.4 is 9.47 Å². The Kier molecular flexibility index (Phi) is 8.43. The summed E-state index contributed by atoms with van der Waals surface area (Å²) in [7, 11) is 1.50. The molecule has 11 heteroatoms. The van der Waals surface area contributed by atoms with E-state index in [0.29, 0.717) is 37.7 Å². The summed E-state index contributed by atoms with van der Waals surface area (Å²) >= 11 is 18.8. The molecule has 0 atom stereocenters. The van der Waals surface area contributed by atoms with Crippen LogP contribution in [0.15, 0.2) is 75.2 Å². The topological polar surface area (TPSA) is 94.7 Å². The number of carbonyl (C=O) groups is 1. The molecule has 184 valence electrons. The van der Waals surface area contributed by atoms with Gasteiger partial charge in [0.15, 0.2) is 11.5 Å². The third-order valence-corrected chi connectivity index (χ3v) is 6.61. The third-order valence-electron chi connectivity index (χ3n) is 4.77. The molecule has 0 radical (unpaired) electrons. The molecular weight excluding hydrogens is 547 g/mol. The fourth-order valence-electron chi connectivity index (χ4n) is 3.02. The van der Waals surface area contributed by atoms with Crippen molar-refractivity contribution in [3.8, 4) is 23.0 Å². The van der Waals surface area contributed by atoms with Crippen LogP contribution in [0.3, 0.4) is 0 Å². The first-order chi connectivity index (χ1) is 17.3. The van der Waals surface area contributed by atoms with Gasteiger partial charge in [0.2, 0.25) is 5.89 Å². The van der Waals surface area contributed by atoms with Gasteiger partial charge in [-0.25, -0.2) is 4.79 Å². The minimum atomic E-state index is -1.15. The maximum atomic E-state index is 11.9. The monoisotopic (exact) mass is 562 g/mol. The Morgan fingerprint density at radius 2 is 1.78 bits per heavy atom. The first kappa shape index (κ1) is 25.9. The van der Waals surface area contributed by atoms with Gasteiger partial charge in [-0.3, -0.25) is 0 Å². The van der Waals surface area contributed by atoms with Crippen molar-refractivity contribution in [2.24, 2.45) is 0 Å². The van der Waals surface area contributed by atoms with Gasteiger partial charge < -0.3 is 19.0 Å². The van der Waals surface area contributed by atoms with E-state index in [9.17, 15) is 9.90 Å². The van der Waals surface area contributed by atoms with E-state index in [4.69, 9.17) is 48.7 Å². The summed E-state index contributed by atoms with van der Waals surface area (Å²) in [6, 6.07) is 17.2. The average molecular weight is 564 g/mol.